The monoisotopic (exact) mass is 210 g/mol. The number of primary amides is 1. The highest BCUT2D eigenvalue weighted by Crippen LogP contribution is 2.22. The molecule has 0 saturated carbocycles. The number of hydrogen-bond donors (Lipinski definition) is 2. The minimum atomic E-state index is -1.10. The highest BCUT2D eigenvalue weighted by molar-refractivity contribution is 5.84. The lowest BCUT2D eigenvalue weighted by Crippen LogP contribution is -2.39. The van der Waals surface area contributed by atoms with Crippen molar-refractivity contribution in [3.8, 4) is 0 Å². The molecule has 0 saturated heterocycles. The van der Waals surface area contributed by atoms with Gasteiger partial charge in [-0.15, -0.1) is 0 Å². The Hall–Kier alpha value is -1.98. The zero-order chi connectivity index (χ0) is 11.0. The quantitative estimate of drug-likeness (QED) is 0.701. The number of nitrogens with zero attached hydrogens (tertiary/aromatic N) is 1. The Balaban J connectivity index is 2.26. The van der Waals surface area contributed by atoms with Crippen molar-refractivity contribution in [1.82, 2.24) is 4.90 Å². The lowest BCUT2D eigenvalue weighted by atomic mass is 10.1. The van der Waals surface area contributed by atoms with Crippen molar-refractivity contribution in [2.45, 2.75) is 13.0 Å². The third-order valence-electron chi connectivity index (χ3n) is 2.39. The standard InChI is InChI=1S/C9H10N2O4/c10-9(14)11-2-1-6-5(4-11)3-7(15-6)8(12)13/h3H,1-2,4H2,(H2,10,14)(H,12,13). The predicted octanol–water partition coefficient (Wildman–Crippen LogP) is 0.415. The summed E-state index contributed by atoms with van der Waals surface area (Å²) in [5.41, 5.74) is 5.85. The molecule has 3 N–H and O–H groups in total. The van der Waals surface area contributed by atoms with Crippen LogP contribution in [0.2, 0.25) is 0 Å². The van der Waals surface area contributed by atoms with Gasteiger partial charge in [0.25, 0.3) is 0 Å². The molecule has 1 aromatic heterocycles. The van der Waals surface area contributed by atoms with Gasteiger partial charge in [0, 0.05) is 18.5 Å². The summed E-state index contributed by atoms with van der Waals surface area (Å²) < 4.78 is 5.12. The molecule has 0 atom stereocenters. The first-order valence-corrected chi connectivity index (χ1v) is 4.47. The van der Waals surface area contributed by atoms with Crippen molar-refractivity contribution < 1.29 is 19.1 Å². The summed E-state index contributed by atoms with van der Waals surface area (Å²) in [6, 6.07) is 0.936. The fourth-order valence-electron chi connectivity index (χ4n) is 1.63. The first-order chi connectivity index (χ1) is 7.08. The van der Waals surface area contributed by atoms with Gasteiger partial charge < -0.3 is 20.2 Å². The highest BCUT2D eigenvalue weighted by atomic mass is 16.4. The summed E-state index contributed by atoms with van der Waals surface area (Å²) in [7, 11) is 0. The number of amides is 2. The van der Waals surface area contributed by atoms with Crippen LogP contribution in [0.15, 0.2) is 10.5 Å². The number of nitrogens with two attached hydrogens (primary N) is 1. The Morgan fingerprint density at radius 2 is 2.27 bits per heavy atom. The van der Waals surface area contributed by atoms with E-state index in [1.165, 1.54) is 11.0 Å². The van der Waals surface area contributed by atoms with Crippen LogP contribution in [-0.4, -0.2) is 28.6 Å². The van der Waals surface area contributed by atoms with E-state index in [1.54, 1.807) is 0 Å². The number of furan rings is 1. The van der Waals surface area contributed by atoms with Crippen LogP contribution in [0.4, 0.5) is 4.79 Å². The number of carboxylic acid groups (broad SMARTS) is 1. The van der Waals surface area contributed by atoms with E-state index in [1.807, 2.05) is 0 Å². The number of carbonyl (C=O) groups is 2. The Morgan fingerprint density at radius 3 is 2.87 bits per heavy atom. The zero-order valence-electron chi connectivity index (χ0n) is 7.90. The topological polar surface area (TPSA) is 96.8 Å². The van der Waals surface area contributed by atoms with Gasteiger partial charge in [0.2, 0.25) is 5.76 Å². The maximum atomic E-state index is 10.9. The molecule has 2 amide bonds. The van der Waals surface area contributed by atoms with Crippen LogP contribution in [0.1, 0.15) is 21.9 Å². The van der Waals surface area contributed by atoms with Crippen molar-refractivity contribution in [2.75, 3.05) is 6.54 Å². The molecule has 2 rings (SSSR count). The molecule has 0 fully saturated rings. The van der Waals surface area contributed by atoms with Crippen molar-refractivity contribution in [3.05, 3.63) is 23.2 Å². The SMILES string of the molecule is NC(=O)N1CCc2oc(C(=O)O)cc2C1. The lowest BCUT2D eigenvalue weighted by molar-refractivity contribution is 0.0660. The third-order valence-corrected chi connectivity index (χ3v) is 2.39. The van der Waals surface area contributed by atoms with Gasteiger partial charge in [-0.05, 0) is 6.07 Å². The molecule has 6 heteroatoms. The second-order valence-corrected chi connectivity index (χ2v) is 3.37. The van der Waals surface area contributed by atoms with Crippen molar-refractivity contribution in [2.24, 2.45) is 5.73 Å². The number of fused-ring (bicyclic) bond motifs is 1. The fourth-order valence-corrected chi connectivity index (χ4v) is 1.63. The average Bonchev–Trinajstić information content (AvgIpc) is 2.59. The first kappa shape index (κ1) is 9.57. The summed E-state index contributed by atoms with van der Waals surface area (Å²) in [6.07, 6.45) is 0.506. The van der Waals surface area contributed by atoms with Gasteiger partial charge in [-0.25, -0.2) is 9.59 Å². The number of urea groups is 1. The number of aromatic carboxylic acids is 1. The van der Waals surface area contributed by atoms with Gasteiger partial charge in [-0.1, -0.05) is 0 Å². The van der Waals surface area contributed by atoms with Crippen molar-refractivity contribution >= 4 is 12.0 Å². The molecular weight excluding hydrogens is 200 g/mol. The van der Waals surface area contributed by atoms with Crippen LogP contribution < -0.4 is 5.73 Å². The van der Waals surface area contributed by atoms with E-state index in [0.717, 1.165) is 5.56 Å². The van der Waals surface area contributed by atoms with E-state index in [-0.39, 0.29) is 5.76 Å². The summed E-state index contributed by atoms with van der Waals surface area (Å²) in [5, 5.41) is 8.71. The van der Waals surface area contributed by atoms with Crippen LogP contribution in [0.3, 0.4) is 0 Å². The second-order valence-electron chi connectivity index (χ2n) is 3.37. The molecule has 15 heavy (non-hydrogen) atoms. The fraction of sp³-hybridized carbons (Fsp3) is 0.333. The number of carbonyl (C=O) groups excluding carboxylic acids is 1. The zero-order valence-corrected chi connectivity index (χ0v) is 7.90. The Bertz CT molecular complexity index is 424. The Labute approximate surface area is 85.3 Å². The van der Waals surface area contributed by atoms with Crippen LogP contribution in [0.5, 0.6) is 0 Å². The maximum absolute atomic E-state index is 10.9. The summed E-state index contributed by atoms with van der Waals surface area (Å²) in [6.45, 7) is 0.788. The van der Waals surface area contributed by atoms with Crippen molar-refractivity contribution in [3.63, 3.8) is 0 Å². The highest BCUT2D eigenvalue weighted by Gasteiger charge is 2.24. The maximum Gasteiger partial charge on any atom is 0.371 e. The number of hydrogen-bond acceptors (Lipinski definition) is 3. The predicted molar refractivity (Wildman–Crippen MR) is 49.4 cm³/mol. The molecule has 0 radical (unpaired) electrons. The van der Waals surface area contributed by atoms with Crippen molar-refractivity contribution in [1.29, 1.82) is 0 Å². The van der Waals surface area contributed by atoms with E-state index < -0.39 is 12.0 Å². The van der Waals surface area contributed by atoms with E-state index in [9.17, 15) is 9.59 Å². The molecule has 1 aliphatic rings. The second kappa shape index (κ2) is 3.30. The Morgan fingerprint density at radius 1 is 1.53 bits per heavy atom. The van der Waals surface area contributed by atoms with Crippen LogP contribution in [0.25, 0.3) is 0 Å². The van der Waals surface area contributed by atoms with Crippen LogP contribution in [-0.2, 0) is 13.0 Å². The molecule has 0 aromatic carbocycles. The smallest absolute Gasteiger partial charge is 0.371 e. The van der Waals surface area contributed by atoms with Gasteiger partial charge in [-0.3, -0.25) is 0 Å². The molecule has 0 bridgehead atoms. The molecule has 0 unspecified atom stereocenters. The van der Waals surface area contributed by atoms with E-state index in [0.29, 0.717) is 25.3 Å². The third kappa shape index (κ3) is 1.65. The largest absolute Gasteiger partial charge is 0.475 e. The molecule has 2 heterocycles. The summed E-state index contributed by atoms with van der Waals surface area (Å²) >= 11 is 0. The van der Waals surface area contributed by atoms with Gasteiger partial charge >= 0.3 is 12.0 Å². The van der Waals surface area contributed by atoms with Gasteiger partial charge in [0.05, 0.1) is 6.54 Å². The van der Waals surface area contributed by atoms with Gasteiger partial charge in [0.15, 0.2) is 0 Å². The van der Waals surface area contributed by atoms with E-state index in [4.69, 9.17) is 15.3 Å². The molecule has 6 nitrogen and oxygen atoms in total. The average molecular weight is 210 g/mol. The molecule has 80 valence electrons. The molecule has 1 aliphatic heterocycles. The first-order valence-electron chi connectivity index (χ1n) is 4.47. The van der Waals surface area contributed by atoms with Crippen LogP contribution >= 0.6 is 0 Å². The molecule has 0 aliphatic carbocycles. The van der Waals surface area contributed by atoms with Gasteiger partial charge in [-0.2, -0.15) is 0 Å². The normalized spacial score (nSPS) is 14.8. The molecule has 1 aromatic rings. The van der Waals surface area contributed by atoms with Gasteiger partial charge in [0.1, 0.15) is 5.76 Å². The number of rotatable bonds is 1. The minimum Gasteiger partial charge on any atom is -0.475 e. The summed E-state index contributed by atoms with van der Waals surface area (Å²) in [5.74, 6) is -0.564. The number of carboxylic acids is 1. The molecule has 0 spiro atoms. The Kier molecular flexibility index (Phi) is 2.11. The summed E-state index contributed by atoms with van der Waals surface area (Å²) in [4.78, 5) is 23.0. The van der Waals surface area contributed by atoms with E-state index in [2.05, 4.69) is 0 Å². The van der Waals surface area contributed by atoms with E-state index >= 15 is 0 Å². The minimum absolute atomic E-state index is 0.0914. The van der Waals surface area contributed by atoms with Crippen LogP contribution in [0, 0.1) is 0 Å². The molecular formula is C9H10N2O4. The lowest BCUT2D eigenvalue weighted by Gasteiger charge is -2.23.